The molecule has 0 aromatic carbocycles. The Morgan fingerprint density at radius 1 is 1.45 bits per heavy atom. The standard InChI is InChI=1S/C16H25ClN2S/c1-11(2)19-7-6-12(10-19)9-18-14-4-3-5-15-13(14)8-16(17)20-15/h8,11-12,14,18H,3-7,9-10H2,1-2H3. The minimum Gasteiger partial charge on any atom is -0.310 e. The molecule has 3 rings (SSSR count). The van der Waals surface area contributed by atoms with Crippen LogP contribution in [-0.2, 0) is 6.42 Å². The predicted octanol–water partition coefficient (Wildman–Crippen LogP) is 4.10. The van der Waals surface area contributed by atoms with Crippen molar-refractivity contribution in [2.45, 2.75) is 51.6 Å². The van der Waals surface area contributed by atoms with E-state index in [1.807, 2.05) is 0 Å². The van der Waals surface area contributed by atoms with Crippen molar-refractivity contribution in [2.75, 3.05) is 19.6 Å². The lowest BCUT2D eigenvalue weighted by molar-refractivity contribution is 0.262. The SMILES string of the molecule is CC(C)N1CCC(CNC2CCCc3sc(Cl)cc32)C1. The van der Waals surface area contributed by atoms with E-state index in [1.165, 1.54) is 49.2 Å². The van der Waals surface area contributed by atoms with Gasteiger partial charge in [0.15, 0.2) is 0 Å². The van der Waals surface area contributed by atoms with Gasteiger partial charge in [-0.05, 0) is 70.2 Å². The third-order valence-corrected chi connectivity index (χ3v) is 6.12. The largest absolute Gasteiger partial charge is 0.310 e. The van der Waals surface area contributed by atoms with E-state index in [0.717, 1.165) is 16.8 Å². The summed E-state index contributed by atoms with van der Waals surface area (Å²) in [4.78, 5) is 4.11. The summed E-state index contributed by atoms with van der Waals surface area (Å²) in [5.41, 5.74) is 1.48. The van der Waals surface area contributed by atoms with Gasteiger partial charge in [0, 0.05) is 23.5 Å². The van der Waals surface area contributed by atoms with E-state index in [2.05, 4.69) is 30.1 Å². The number of hydrogen-bond acceptors (Lipinski definition) is 3. The van der Waals surface area contributed by atoms with Crippen LogP contribution < -0.4 is 5.32 Å². The third-order valence-electron chi connectivity index (χ3n) is 4.78. The summed E-state index contributed by atoms with van der Waals surface area (Å²) in [5, 5.41) is 3.81. The molecule has 0 bridgehead atoms. The van der Waals surface area contributed by atoms with E-state index in [-0.39, 0.29) is 0 Å². The summed E-state index contributed by atoms with van der Waals surface area (Å²) in [7, 11) is 0. The van der Waals surface area contributed by atoms with Crippen LogP contribution in [0, 0.1) is 5.92 Å². The minimum absolute atomic E-state index is 0.538. The van der Waals surface area contributed by atoms with Gasteiger partial charge in [0.25, 0.3) is 0 Å². The Bertz CT molecular complexity index is 457. The Kier molecular flexibility index (Phi) is 4.71. The van der Waals surface area contributed by atoms with E-state index >= 15 is 0 Å². The summed E-state index contributed by atoms with van der Waals surface area (Å²) in [6, 6.07) is 3.42. The lowest BCUT2D eigenvalue weighted by atomic mass is 9.93. The van der Waals surface area contributed by atoms with Crippen molar-refractivity contribution in [2.24, 2.45) is 5.92 Å². The first-order valence-electron chi connectivity index (χ1n) is 7.89. The molecule has 1 fully saturated rings. The number of rotatable bonds is 4. The average Bonchev–Trinajstić information content (AvgIpc) is 3.01. The molecule has 2 heterocycles. The lowest BCUT2D eigenvalue weighted by Gasteiger charge is -2.25. The quantitative estimate of drug-likeness (QED) is 0.900. The number of fused-ring (bicyclic) bond motifs is 1. The van der Waals surface area contributed by atoms with E-state index in [9.17, 15) is 0 Å². The fourth-order valence-electron chi connectivity index (χ4n) is 3.54. The predicted molar refractivity (Wildman–Crippen MR) is 87.8 cm³/mol. The topological polar surface area (TPSA) is 15.3 Å². The first-order chi connectivity index (χ1) is 9.63. The van der Waals surface area contributed by atoms with E-state index < -0.39 is 0 Å². The van der Waals surface area contributed by atoms with Gasteiger partial charge in [-0.2, -0.15) is 0 Å². The van der Waals surface area contributed by atoms with Crippen LogP contribution in [0.1, 0.15) is 49.6 Å². The van der Waals surface area contributed by atoms with Gasteiger partial charge in [-0.15, -0.1) is 11.3 Å². The van der Waals surface area contributed by atoms with Crippen LogP contribution in [0.5, 0.6) is 0 Å². The Labute approximate surface area is 131 Å². The van der Waals surface area contributed by atoms with Crippen LogP contribution in [0.15, 0.2) is 6.07 Å². The number of hydrogen-bond donors (Lipinski definition) is 1. The van der Waals surface area contributed by atoms with Crippen molar-refractivity contribution in [3.05, 3.63) is 20.8 Å². The van der Waals surface area contributed by atoms with Gasteiger partial charge in [0.2, 0.25) is 0 Å². The molecule has 4 heteroatoms. The summed E-state index contributed by atoms with van der Waals surface area (Å²) in [5.74, 6) is 0.817. The number of halogens is 1. The first kappa shape index (κ1) is 14.8. The molecule has 0 radical (unpaired) electrons. The molecule has 2 atom stereocenters. The molecule has 2 unspecified atom stereocenters. The molecule has 2 aliphatic rings. The Morgan fingerprint density at radius 3 is 3.05 bits per heavy atom. The second-order valence-electron chi connectivity index (χ2n) is 6.53. The van der Waals surface area contributed by atoms with Gasteiger partial charge in [-0.25, -0.2) is 0 Å². The van der Waals surface area contributed by atoms with Crippen molar-refractivity contribution >= 4 is 22.9 Å². The highest BCUT2D eigenvalue weighted by Gasteiger charge is 2.27. The Balaban J connectivity index is 1.55. The maximum atomic E-state index is 6.18. The average molecular weight is 313 g/mol. The molecule has 2 nitrogen and oxygen atoms in total. The lowest BCUT2D eigenvalue weighted by Crippen LogP contribution is -2.32. The maximum absolute atomic E-state index is 6.18. The van der Waals surface area contributed by atoms with Crippen molar-refractivity contribution in [1.82, 2.24) is 10.2 Å². The van der Waals surface area contributed by atoms with Gasteiger partial charge >= 0.3 is 0 Å². The zero-order chi connectivity index (χ0) is 14.1. The van der Waals surface area contributed by atoms with E-state index in [1.54, 1.807) is 11.3 Å². The number of nitrogens with zero attached hydrogens (tertiary/aromatic N) is 1. The van der Waals surface area contributed by atoms with Crippen molar-refractivity contribution in [3.8, 4) is 0 Å². The highest BCUT2D eigenvalue weighted by molar-refractivity contribution is 7.16. The number of nitrogens with one attached hydrogen (secondary N) is 1. The molecular formula is C16H25ClN2S. The number of aryl methyl sites for hydroxylation is 1. The molecule has 0 saturated carbocycles. The number of thiophene rings is 1. The highest BCUT2D eigenvalue weighted by atomic mass is 35.5. The molecule has 1 aliphatic carbocycles. The van der Waals surface area contributed by atoms with Crippen LogP contribution in [-0.4, -0.2) is 30.6 Å². The molecule has 20 heavy (non-hydrogen) atoms. The summed E-state index contributed by atoms with van der Waals surface area (Å²) >= 11 is 7.96. The van der Waals surface area contributed by atoms with Crippen molar-refractivity contribution in [1.29, 1.82) is 0 Å². The summed E-state index contributed by atoms with van der Waals surface area (Å²) < 4.78 is 0.954. The molecule has 1 saturated heterocycles. The molecule has 1 aromatic heterocycles. The maximum Gasteiger partial charge on any atom is 0.0934 e. The van der Waals surface area contributed by atoms with Gasteiger partial charge in [-0.1, -0.05) is 11.6 Å². The smallest absolute Gasteiger partial charge is 0.0934 e. The van der Waals surface area contributed by atoms with Gasteiger partial charge in [0.05, 0.1) is 4.34 Å². The minimum atomic E-state index is 0.538. The zero-order valence-electron chi connectivity index (χ0n) is 12.5. The van der Waals surface area contributed by atoms with Gasteiger partial charge in [0.1, 0.15) is 0 Å². The molecule has 1 aliphatic heterocycles. The molecule has 112 valence electrons. The number of likely N-dealkylation sites (tertiary alicyclic amines) is 1. The van der Waals surface area contributed by atoms with Crippen molar-refractivity contribution in [3.63, 3.8) is 0 Å². The second-order valence-corrected chi connectivity index (χ2v) is 8.29. The highest BCUT2D eigenvalue weighted by Crippen LogP contribution is 2.37. The third kappa shape index (κ3) is 3.22. The van der Waals surface area contributed by atoms with Crippen LogP contribution in [0.2, 0.25) is 4.34 Å². The van der Waals surface area contributed by atoms with Gasteiger partial charge in [-0.3, -0.25) is 0 Å². The van der Waals surface area contributed by atoms with Crippen LogP contribution in [0.3, 0.4) is 0 Å². The summed E-state index contributed by atoms with van der Waals surface area (Å²) in [6.07, 6.45) is 5.12. The van der Waals surface area contributed by atoms with E-state index in [4.69, 9.17) is 11.6 Å². The fourth-order valence-corrected chi connectivity index (χ4v) is 4.92. The first-order valence-corrected chi connectivity index (χ1v) is 9.08. The molecule has 0 amide bonds. The summed E-state index contributed by atoms with van der Waals surface area (Å²) in [6.45, 7) is 8.28. The molecule has 1 aromatic rings. The van der Waals surface area contributed by atoms with Crippen LogP contribution >= 0.6 is 22.9 Å². The van der Waals surface area contributed by atoms with Crippen molar-refractivity contribution < 1.29 is 0 Å². The molecular weight excluding hydrogens is 288 g/mol. The second kappa shape index (κ2) is 6.35. The van der Waals surface area contributed by atoms with Gasteiger partial charge < -0.3 is 10.2 Å². The molecule has 0 spiro atoms. The Hall–Kier alpha value is -0.0900. The van der Waals surface area contributed by atoms with E-state index in [0.29, 0.717) is 12.1 Å². The fraction of sp³-hybridized carbons (Fsp3) is 0.750. The van der Waals surface area contributed by atoms with Crippen LogP contribution in [0.25, 0.3) is 0 Å². The van der Waals surface area contributed by atoms with Crippen LogP contribution in [0.4, 0.5) is 0 Å². The molecule has 1 N–H and O–H groups in total. The zero-order valence-corrected chi connectivity index (χ0v) is 14.1. The normalized spacial score (nSPS) is 27.2. The Morgan fingerprint density at radius 2 is 2.30 bits per heavy atom. The monoisotopic (exact) mass is 312 g/mol.